The largest absolute Gasteiger partial charge is 0.385 e. The van der Waals surface area contributed by atoms with Crippen LogP contribution in [-0.4, -0.2) is 94.7 Å². The highest BCUT2D eigenvalue weighted by atomic mass is 16.5. The fourth-order valence-electron chi connectivity index (χ4n) is 9.16. The van der Waals surface area contributed by atoms with Crippen LogP contribution in [0.3, 0.4) is 0 Å². The Balaban J connectivity index is 0.000000818. The van der Waals surface area contributed by atoms with Crippen LogP contribution in [-0.2, 0) is 65.6 Å². The topological polar surface area (TPSA) is 243 Å². The highest BCUT2D eigenvalue weighted by molar-refractivity contribution is 5.95. The molecule has 0 fully saturated rings. The van der Waals surface area contributed by atoms with E-state index < -0.39 is 59.3 Å². The van der Waals surface area contributed by atoms with Crippen molar-refractivity contribution in [3.8, 4) is 0 Å². The molecule has 7 rings (SSSR count). The molecule has 4 amide bonds. The minimum absolute atomic E-state index is 0.0810. The number of nitrogens with one attached hydrogen (secondary N) is 4. The van der Waals surface area contributed by atoms with Crippen LogP contribution in [0.1, 0.15) is 66.3 Å². The molecule has 75 heavy (non-hydrogen) atoms. The van der Waals surface area contributed by atoms with Crippen molar-refractivity contribution in [1.82, 2.24) is 25.7 Å². The van der Waals surface area contributed by atoms with Gasteiger partial charge >= 0.3 is 0 Å². The van der Waals surface area contributed by atoms with E-state index in [1.54, 1.807) is 19.5 Å². The predicted octanol–water partition coefficient (Wildman–Crippen LogP) is 6.90. The van der Waals surface area contributed by atoms with Gasteiger partial charge in [-0.1, -0.05) is 134 Å². The van der Waals surface area contributed by atoms with Gasteiger partial charge < -0.3 is 36.6 Å². The molecule has 7 aromatic rings. The Bertz CT molecular complexity index is 2920. The van der Waals surface area contributed by atoms with Gasteiger partial charge in [0.15, 0.2) is 11.6 Å². The lowest BCUT2D eigenvalue weighted by atomic mass is 9.89. The second kappa shape index (κ2) is 29.2. The number of hydrazine groups is 1. The van der Waals surface area contributed by atoms with E-state index in [0.717, 1.165) is 62.1 Å². The standard InChI is InChI=1S/C51H59N7O7.C9H12O/c1-58(57-51(65)36(26-38-31-54-42-21-10-8-19-40(38)42)29-47(61)46(60)25-34-16-6-3-7-17-34)48(62)30-37(27-39-32-55-43-22-11-9-20-41(39)43)50(64)56-44(24-33-14-4-2-5-15-33)45(59)28-35(49(53)63)18-12-13-23-52;1-10-8-7-9-5-3-2-4-6-9/h2-11,14-17,19-22,31-32,35-37,44,46,54-55,60H,12-13,18,23-30,52H2,1H3,(H2,53,63)(H,56,64)(H,57,65);2-6H,7-8H2,1H3/t35-,36+,37-,44-,46+;/m1./s1. The SMILES string of the molecule is CN(NC(=O)[C@H](CC(=O)[C@@H](O)Cc1ccccc1)Cc1c[nH]c2ccccc12)C(=O)C[C@@H](Cc1c[nH]c2ccccc12)C(=O)N[C@H](Cc1ccccc1)C(=O)C[C@@H](CCCCN)C(N)=O.COCCc1ccccc1. The molecule has 2 aromatic heterocycles. The summed E-state index contributed by atoms with van der Waals surface area (Å²) < 4.78 is 4.95. The molecule has 0 bridgehead atoms. The molecule has 0 aliphatic carbocycles. The van der Waals surface area contributed by atoms with Crippen molar-refractivity contribution in [2.45, 2.75) is 82.8 Å². The van der Waals surface area contributed by atoms with E-state index in [9.17, 15) is 33.9 Å². The summed E-state index contributed by atoms with van der Waals surface area (Å²) in [5, 5.41) is 16.6. The maximum atomic E-state index is 14.5. The Morgan fingerprint density at radius 1 is 0.600 bits per heavy atom. The first-order chi connectivity index (χ1) is 36.3. The molecular weight excluding hydrogens is 947 g/mol. The molecular formula is C60H71N7O8. The van der Waals surface area contributed by atoms with E-state index in [1.807, 2.05) is 127 Å². The van der Waals surface area contributed by atoms with Gasteiger partial charge in [0.1, 0.15) is 6.10 Å². The molecule has 5 aromatic carbocycles. The Morgan fingerprint density at radius 3 is 1.63 bits per heavy atom. The third-order valence-electron chi connectivity index (χ3n) is 13.5. The number of amides is 4. The average Bonchev–Trinajstić information content (AvgIpc) is 4.04. The summed E-state index contributed by atoms with van der Waals surface area (Å²) in [6, 6.07) is 42.7. The number of aliphatic hydroxyl groups excluding tert-OH is 1. The molecule has 0 aliphatic heterocycles. The fourth-order valence-corrected chi connectivity index (χ4v) is 9.16. The zero-order valence-corrected chi connectivity index (χ0v) is 42.9. The van der Waals surface area contributed by atoms with Gasteiger partial charge in [-0.25, -0.2) is 0 Å². The van der Waals surface area contributed by atoms with Gasteiger partial charge in [0.25, 0.3) is 0 Å². The molecule has 0 saturated heterocycles. The number of nitrogens with two attached hydrogens (primary N) is 2. The number of ketones is 2. The average molecular weight is 1020 g/mol. The molecule has 9 N–H and O–H groups in total. The lowest BCUT2D eigenvalue weighted by Crippen LogP contribution is -2.49. The fraction of sp³-hybridized carbons (Fsp3) is 0.333. The number of rotatable bonds is 27. The highest BCUT2D eigenvalue weighted by Gasteiger charge is 2.33. The number of aromatic amines is 2. The summed E-state index contributed by atoms with van der Waals surface area (Å²) >= 11 is 0. The summed E-state index contributed by atoms with van der Waals surface area (Å²) in [4.78, 5) is 89.3. The molecule has 5 atom stereocenters. The smallest absolute Gasteiger partial charge is 0.242 e. The molecule has 2 heterocycles. The van der Waals surface area contributed by atoms with E-state index >= 15 is 0 Å². The molecule has 0 aliphatic rings. The number of benzene rings is 5. The number of methoxy groups -OCH3 is 1. The van der Waals surface area contributed by atoms with Crippen LogP contribution in [0.4, 0.5) is 0 Å². The molecule has 0 radical (unpaired) electrons. The van der Waals surface area contributed by atoms with Crippen LogP contribution in [0.25, 0.3) is 21.8 Å². The summed E-state index contributed by atoms with van der Waals surface area (Å²) in [5.74, 6) is -6.01. The first-order valence-electron chi connectivity index (χ1n) is 25.6. The number of aromatic nitrogens is 2. The zero-order chi connectivity index (χ0) is 53.5. The minimum Gasteiger partial charge on any atom is -0.385 e. The number of unbranched alkanes of at least 4 members (excludes halogenated alkanes) is 1. The van der Waals surface area contributed by atoms with Crippen LogP contribution in [0.5, 0.6) is 0 Å². The van der Waals surface area contributed by atoms with Gasteiger partial charge in [0.2, 0.25) is 23.6 Å². The van der Waals surface area contributed by atoms with Crippen LogP contribution in [0, 0.1) is 17.8 Å². The maximum Gasteiger partial charge on any atom is 0.242 e. The van der Waals surface area contributed by atoms with Crippen molar-refractivity contribution in [2.75, 3.05) is 27.3 Å². The van der Waals surface area contributed by atoms with Crippen LogP contribution < -0.4 is 22.2 Å². The minimum atomic E-state index is -1.35. The Kier molecular flexibility index (Phi) is 22.1. The van der Waals surface area contributed by atoms with Crippen molar-refractivity contribution in [1.29, 1.82) is 0 Å². The summed E-state index contributed by atoms with van der Waals surface area (Å²) in [7, 11) is 3.11. The number of Topliss-reactive ketones (excluding diaryl/α,β-unsaturated/α-hetero) is 2. The van der Waals surface area contributed by atoms with Crippen LogP contribution in [0.2, 0.25) is 0 Å². The summed E-state index contributed by atoms with van der Waals surface area (Å²) in [6.07, 6.45) is 4.51. The summed E-state index contributed by atoms with van der Waals surface area (Å²) in [6.45, 7) is 1.25. The van der Waals surface area contributed by atoms with Crippen molar-refractivity contribution < 1.29 is 38.6 Å². The number of carbonyl (C=O) groups is 6. The van der Waals surface area contributed by atoms with Gasteiger partial charge in [-0.15, -0.1) is 0 Å². The third-order valence-corrected chi connectivity index (χ3v) is 13.5. The summed E-state index contributed by atoms with van der Waals surface area (Å²) in [5.41, 5.74) is 20.2. The zero-order valence-electron chi connectivity index (χ0n) is 42.9. The Morgan fingerprint density at radius 2 is 1.09 bits per heavy atom. The number of para-hydroxylation sites is 2. The first-order valence-corrected chi connectivity index (χ1v) is 25.6. The molecule has 0 unspecified atom stereocenters. The normalized spacial score (nSPS) is 13.1. The predicted molar refractivity (Wildman–Crippen MR) is 292 cm³/mol. The number of hydrogen-bond acceptors (Lipinski definition) is 9. The number of H-pyrrole nitrogens is 2. The molecule has 0 saturated carbocycles. The van der Waals surface area contributed by atoms with Crippen molar-refractivity contribution >= 4 is 57.0 Å². The lowest BCUT2D eigenvalue weighted by molar-refractivity contribution is -0.144. The number of hydrogen-bond donors (Lipinski definition) is 7. The van der Waals surface area contributed by atoms with Crippen LogP contribution >= 0.6 is 0 Å². The van der Waals surface area contributed by atoms with Gasteiger partial charge in [0, 0.05) is 80.0 Å². The van der Waals surface area contributed by atoms with Crippen molar-refractivity contribution in [2.24, 2.45) is 29.2 Å². The number of nitrogens with zero attached hydrogens (tertiary/aromatic N) is 1. The lowest BCUT2D eigenvalue weighted by Gasteiger charge is -2.26. The number of fused-ring (bicyclic) bond motifs is 2. The Hall–Kier alpha value is -7.72. The van der Waals surface area contributed by atoms with E-state index in [1.165, 1.54) is 12.6 Å². The van der Waals surface area contributed by atoms with E-state index in [2.05, 4.69) is 32.8 Å². The number of primary amides is 1. The third kappa shape index (κ3) is 17.4. The molecule has 15 heteroatoms. The van der Waals surface area contributed by atoms with E-state index in [-0.39, 0.29) is 50.7 Å². The first kappa shape index (κ1) is 56.6. The van der Waals surface area contributed by atoms with Gasteiger partial charge in [-0.3, -0.25) is 39.2 Å². The van der Waals surface area contributed by atoms with E-state index in [4.69, 9.17) is 16.2 Å². The Labute approximate surface area is 438 Å². The molecule has 0 spiro atoms. The number of carbonyl (C=O) groups excluding carboxylic acids is 6. The number of aliphatic hydroxyl groups is 1. The molecule has 15 nitrogen and oxygen atoms in total. The quantitative estimate of drug-likeness (QED) is 0.0209. The molecule has 394 valence electrons. The number of ether oxygens (including phenoxy) is 1. The monoisotopic (exact) mass is 1020 g/mol. The second-order valence-corrected chi connectivity index (χ2v) is 19.1. The van der Waals surface area contributed by atoms with Gasteiger partial charge in [-0.2, -0.15) is 0 Å². The van der Waals surface area contributed by atoms with Gasteiger partial charge in [0.05, 0.1) is 24.5 Å². The van der Waals surface area contributed by atoms with Crippen molar-refractivity contribution in [3.63, 3.8) is 0 Å². The van der Waals surface area contributed by atoms with Gasteiger partial charge in [-0.05, 0) is 85.0 Å². The van der Waals surface area contributed by atoms with E-state index in [0.29, 0.717) is 25.8 Å². The second-order valence-electron chi connectivity index (χ2n) is 19.1. The van der Waals surface area contributed by atoms with Crippen molar-refractivity contribution in [3.05, 3.63) is 180 Å². The maximum absolute atomic E-state index is 14.5. The van der Waals surface area contributed by atoms with Crippen LogP contribution in [0.15, 0.2) is 152 Å². The highest BCUT2D eigenvalue weighted by Crippen LogP contribution is 2.26.